The normalized spacial score (nSPS) is 9.92. The van der Waals surface area contributed by atoms with Gasteiger partial charge in [0, 0.05) is 17.3 Å². The summed E-state index contributed by atoms with van der Waals surface area (Å²) >= 11 is 5.74. The van der Waals surface area contributed by atoms with Crippen molar-refractivity contribution in [3.63, 3.8) is 0 Å². The van der Waals surface area contributed by atoms with Crippen molar-refractivity contribution in [2.24, 2.45) is 5.73 Å². The molecule has 0 aliphatic carbocycles. The Balaban J connectivity index is 0.000000552. The highest BCUT2D eigenvalue weighted by Crippen LogP contribution is 2.37. The predicted octanol–water partition coefficient (Wildman–Crippen LogP) is 4.08. The summed E-state index contributed by atoms with van der Waals surface area (Å²) in [6.07, 6.45) is 0.406. The molecule has 1 aromatic carbocycles. The standard InChI is InChI=1S/C14H9ClFN3O3.CH3NO2/c15-9-5-7(1-2-10(9)16)18-12-8-3-4-17-6-11(8)22-13(12)19-14(20)21;2-1(3)4/h1-6,18-19H,(H,20,21);2H2,(H,3,4). The lowest BCUT2D eigenvalue weighted by Crippen LogP contribution is -2.07. The molecule has 2 amide bonds. The van der Waals surface area contributed by atoms with Crippen LogP contribution in [-0.4, -0.2) is 27.4 Å². The smallest absolute Gasteiger partial charge is 0.411 e. The molecule has 0 radical (unpaired) electrons. The zero-order valence-corrected chi connectivity index (χ0v) is 13.6. The Bertz CT molecular complexity index is 958. The first-order valence-corrected chi connectivity index (χ1v) is 7.22. The number of anilines is 3. The number of carbonyl (C=O) groups is 2. The van der Waals surface area contributed by atoms with Crippen LogP contribution in [0.4, 0.5) is 31.2 Å². The molecular weight excluding hydrogens is 371 g/mol. The van der Waals surface area contributed by atoms with Crippen LogP contribution >= 0.6 is 11.6 Å². The molecule has 3 aromatic rings. The summed E-state index contributed by atoms with van der Waals surface area (Å²) in [6, 6.07) is 5.74. The fourth-order valence-electron chi connectivity index (χ4n) is 1.98. The molecule has 0 unspecified atom stereocenters. The molecule has 0 aliphatic heterocycles. The van der Waals surface area contributed by atoms with E-state index >= 15 is 0 Å². The number of primary amides is 1. The Labute approximate surface area is 150 Å². The minimum Gasteiger partial charge on any atom is -0.465 e. The van der Waals surface area contributed by atoms with Gasteiger partial charge in [-0.15, -0.1) is 0 Å². The van der Waals surface area contributed by atoms with Crippen molar-refractivity contribution in [3.05, 3.63) is 47.5 Å². The molecule has 0 atom stereocenters. The number of nitrogens with two attached hydrogens (primary N) is 1. The van der Waals surface area contributed by atoms with Gasteiger partial charge in [0.25, 0.3) is 0 Å². The SMILES string of the molecule is NC(=O)O.O=C(O)Nc1oc2cnccc2c1Nc1ccc(F)c(Cl)c1. The van der Waals surface area contributed by atoms with Crippen molar-refractivity contribution < 1.29 is 28.6 Å². The van der Waals surface area contributed by atoms with Gasteiger partial charge in [0.2, 0.25) is 5.88 Å². The van der Waals surface area contributed by atoms with Crippen LogP contribution in [0.1, 0.15) is 0 Å². The van der Waals surface area contributed by atoms with E-state index in [4.69, 9.17) is 31.0 Å². The third kappa shape index (κ3) is 4.74. The lowest BCUT2D eigenvalue weighted by Gasteiger charge is -2.07. The van der Waals surface area contributed by atoms with E-state index in [9.17, 15) is 9.18 Å². The third-order valence-corrected chi connectivity index (χ3v) is 3.19. The number of amides is 2. The van der Waals surface area contributed by atoms with Gasteiger partial charge in [-0.3, -0.25) is 10.3 Å². The number of rotatable bonds is 3. The third-order valence-electron chi connectivity index (χ3n) is 2.90. The van der Waals surface area contributed by atoms with Crippen molar-refractivity contribution in [3.8, 4) is 0 Å². The molecule has 0 bridgehead atoms. The summed E-state index contributed by atoms with van der Waals surface area (Å²) < 4.78 is 18.6. The molecular formula is C15H12ClFN4O5. The largest absolute Gasteiger partial charge is 0.465 e. The lowest BCUT2D eigenvalue weighted by molar-refractivity contribution is 0.205. The van der Waals surface area contributed by atoms with Gasteiger partial charge in [-0.25, -0.2) is 14.0 Å². The van der Waals surface area contributed by atoms with E-state index in [1.165, 1.54) is 24.4 Å². The molecule has 0 fully saturated rings. The number of hydrogen-bond donors (Lipinski definition) is 5. The van der Waals surface area contributed by atoms with Gasteiger partial charge in [-0.05, 0) is 24.3 Å². The van der Waals surface area contributed by atoms with Gasteiger partial charge in [-0.1, -0.05) is 11.6 Å². The Morgan fingerprint density at radius 1 is 1.27 bits per heavy atom. The second kappa shape index (κ2) is 8.03. The van der Waals surface area contributed by atoms with Crippen molar-refractivity contribution in [2.45, 2.75) is 0 Å². The first-order valence-electron chi connectivity index (χ1n) is 6.85. The summed E-state index contributed by atoms with van der Waals surface area (Å²) in [4.78, 5) is 23.6. The number of nitrogens with one attached hydrogen (secondary N) is 2. The van der Waals surface area contributed by atoms with Crippen LogP contribution in [0, 0.1) is 5.82 Å². The topological polar surface area (TPSA) is 151 Å². The molecule has 0 spiro atoms. The molecule has 6 N–H and O–H groups in total. The number of nitrogens with zero attached hydrogens (tertiary/aromatic N) is 1. The number of fused-ring (bicyclic) bond motifs is 1. The van der Waals surface area contributed by atoms with E-state index in [1.54, 1.807) is 12.3 Å². The molecule has 0 aliphatic rings. The van der Waals surface area contributed by atoms with Crippen LogP contribution in [0.3, 0.4) is 0 Å². The molecule has 0 saturated carbocycles. The minimum atomic E-state index is -1.33. The van der Waals surface area contributed by atoms with E-state index < -0.39 is 18.0 Å². The average molecular weight is 383 g/mol. The molecule has 26 heavy (non-hydrogen) atoms. The van der Waals surface area contributed by atoms with E-state index in [-0.39, 0.29) is 10.9 Å². The Kier molecular flexibility index (Phi) is 5.81. The number of hydrogen-bond acceptors (Lipinski definition) is 5. The summed E-state index contributed by atoms with van der Waals surface area (Å²) in [5.74, 6) is -0.534. The highest BCUT2D eigenvalue weighted by Gasteiger charge is 2.16. The molecule has 3 rings (SSSR count). The van der Waals surface area contributed by atoms with E-state index in [2.05, 4.69) is 21.4 Å². The fraction of sp³-hybridized carbons (Fsp3) is 0. The average Bonchev–Trinajstić information content (AvgIpc) is 2.87. The Hall–Kier alpha value is -3.53. The number of halogens is 2. The van der Waals surface area contributed by atoms with Crippen LogP contribution in [0.15, 0.2) is 41.1 Å². The second-order valence-electron chi connectivity index (χ2n) is 4.70. The van der Waals surface area contributed by atoms with Gasteiger partial charge < -0.3 is 25.7 Å². The Morgan fingerprint density at radius 2 is 1.96 bits per heavy atom. The van der Waals surface area contributed by atoms with Crippen molar-refractivity contribution in [2.75, 3.05) is 10.6 Å². The summed E-state index contributed by atoms with van der Waals surface area (Å²) in [7, 11) is 0. The van der Waals surface area contributed by atoms with Crippen LogP contribution in [-0.2, 0) is 0 Å². The van der Waals surface area contributed by atoms with Gasteiger partial charge in [0.05, 0.1) is 11.2 Å². The first kappa shape index (κ1) is 18.8. The molecule has 11 heteroatoms. The van der Waals surface area contributed by atoms with Crippen molar-refractivity contribution in [1.82, 2.24) is 4.98 Å². The predicted molar refractivity (Wildman–Crippen MR) is 92.6 cm³/mol. The monoisotopic (exact) mass is 382 g/mol. The first-order chi connectivity index (χ1) is 12.3. The number of furan rings is 1. The number of pyridine rings is 1. The van der Waals surface area contributed by atoms with Crippen molar-refractivity contribution >= 4 is 52.0 Å². The quantitative estimate of drug-likeness (QED) is 0.457. The van der Waals surface area contributed by atoms with Crippen LogP contribution in [0.25, 0.3) is 11.0 Å². The van der Waals surface area contributed by atoms with E-state index in [0.29, 0.717) is 22.3 Å². The number of carboxylic acid groups (broad SMARTS) is 2. The van der Waals surface area contributed by atoms with Gasteiger partial charge in [-0.2, -0.15) is 0 Å². The van der Waals surface area contributed by atoms with E-state index in [1.807, 2.05) is 0 Å². The fourth-order valence-corrected chi connectivity index (χ4v) is 2.16. The van der Waals surface area contributed by atoms with Crippen LogP contribution in [0.2, 0.25) is 5.02 Å². The zero-order chi connectivity index (χ0) is 19.3. The van der Waals surface area contributed by atoms with Gasteiger partial charge in [0.15, 0.2) is 5.58 Å². The van der Waals surface area contributed by atoms with Gasteiger partial charge in [0.1, 0.15) is 11.5 Å². The maximum absolute atomic E-state index is 13.2. The number of benzene rings is 1. The lowest BCUT2D eigenvalue weighted by atomic mass is 10.2. The summed E-state index contributed by atoms with van der Waals surface area (Å²) in [5.41, 5.74) is 5.31. The molecule has 0 saturated heterocycles. The summed E-state index contributed by atoms with van der Waals surface area (Å²) in [5, 5.41) is 21.8. The molecule has 136 valence electrons. The van der Waals surface area contributed by atoms with E-state index in [0.717, 1.165) is 0 Å². The summed E-state index contributed by atoms with van der Waals surface area (Å²) in [6.45, 7) is 0. The van der Waals surface area contributed by atoms with Crippen LogP contribution in [0.5, 0.6) is 0 Å². The zero-order valence-electron chi connectivity index (χ0n) is 12.9. The minimum absolute atomic E-state index is 0.0101. The molecule has 9 nitrogen and oxygen atoms in total. The molecule has 2 aromatic heterocycles. The number of aromatic nitrogens is 1. The second-order valence-corrected chi connectivity index (χ2v) is 5.11. The van der Waals surface area contributed by atoms with Crippen molar-refractivity contribution in [1.29, 1.82) is 0 Å². The highest BCUT2D eigenvalue weighted by atomic mass is 35.5. The highest BCUT2D eigenvalue weighted by molar-refractivity contribution is 6.31. The van der Waals surface area contributed by atoms with Gasteiger partial charge >= 0.3 is 12.2 Å². The maximum atomic E-state index is 13.2. The molecule has 2 heterocycles. The maximum Gasteiger partial charge on any atom is 0.411 e. The Morgan fingerprint density at radius 3 is 2.58 bits per heavy atom. The van der Waals surface area contributed by atoms with Crippen LogP contribution < -0.4 is 16.4 Å².